The Hall–Kier alpha value is -3.14. The highest BCUT2D eigenvalue weighted by Gasteiger charge is 2.37. The lowest BCUT2D eigenvalue weighted by Gasteiger charge is -2.36. The predicted molar refractivity (Wildman–Crippen MR) is 152 cm³/mol. The number of anilines is 2. The summed E-state index contributed by atoms with van der Waals surface area (Å²) >= 11 is 1.32. The smallest absolute Gasteiger partial charge is 0.245 e. The fourth-order valence-electron chi connectivity index (χ4n) is 5.58. The highest BCUT2D eigenvalue weighted by Crippen LogP contribution is 2.32. The number of nitrogens with zero attached hydrogens (tertiary/aromatic N) is 4. The number of piperazine rings is 1. The standard InChI is InChI=1S/C29H39N5O4S/c1-2-38-25-11-7-6-10-24(25)32-14-16-33(17-15-32)27(36)18-22-20-39-29(30-22)31-26(35)19-34(23-12-13-23)28(37)21-8-4-3-5-9-21/h6-7,10-11,20-21,23H,2-5,8-9,12-19H2,1H3,(H,30,31,35). The minimum Gasteiger partial charge on any atom is -0.492 e. The Bertz CT molecular complexity index is 1150. The van der Waals surface area contributed by atoms with E-state index in [0.717, 1.165) is 63.1 Å². The van der Waals surface area contributed by atoms with Gasteiger partial charge in [-0.1, -0.05) is 31.4 Å². The van der Waals surface area contributed by atoms with E-state index in [9.17, 15) is 14.4 Å². The van der Waals surface area contributed by atoms with Crippen LogP contribution in [0.25, 0.3) is 0 Å². The molecule has 1 N–H and O–H groups in total. The summed E-state index contributed by atoms with van der Waals surface area (Å²) in [6, 6.07) is 8.21. The number of amides is 3. The van der Waals surface area contributed by atoms with Crippen molar-refractivity contribution in [2.24, 2.45) is 5.92 Å². The molecule has 5 rings (SSSR count). The molecule has 210 valence electrons. The summed E-state index contributed by atoms with van der Waals surface area (Å²) in [6.45, 7) is 5.42. The minimum absolute atomic E-state index is 0.0360. The van der Waals surface area contributed by atoms with Gasteiger partial charge in [0.15, 0.2) is 5.13 Å². The Morgan fingerprint density at radius 3 is 2.51 bits per heavy atom. The lowest BCUT2D eigenvalue weighted by atomic mass is 9.88. The van der Waals surface area contributed by atoms with E-state index in [4.69, 9.17) is 4.74 Å². The van der Waals surface area contributed by atoms with E-state index < -0.39 is 0 Å². The molecule has 9 nitrogen and oxygen atoms in total. The van der Waals surface area contributed by atoms with Gasteiger partial charge in [-0.2, -0.15) is 0 Å². The number of thiazole rings is 1. The SMILES string of the molecule is CCOc1ccccc1N1CCN(C(=O)Cc2csc(NC(=O)CN(C(=O)C3CCCCC3)C3CC3)n2)CC1. The minimum atomic E-state index is -0.221. The van der Waals surface area contributed by atoms with Crippen molar-refractivity contribution < 1.29 is 19.1 Å². The van der Waals surface area contributed by atoms with E-state index in [-0.39, 0.29) is 42.6 Å². The maximum atomic E-state index is 13.1. The molecule has 2 saturated carbocycles. The second kappa shape index (κ2) is 12.8. The van der Waals surface area contributed by atoms with E-state index in [1.54, 1.807) is 4.90 Å². The van der Waals surface area contributed by atoms with Crippen molar-refractivity contribution in [1.82, 2.24) is 14.8 Å². The van der Waals surface area contributed by atoms with E-state index in [0.29, 0.717) is 30.5 Å². The fraction of sp³-hybridized carbons (Fsp3) is 0.586. The van der Waals surface area contributed by atoms with Crippen molar-refractivity contribution in [3.05, 3.63) is 35.3 Å². The Labute approximate surface area is 234 Å². The van der Waals surface area contributed by atoms with Crippen molar-refractivity contribution in [2.75, 3.05) is 49.5 Å². The van der Waals surface area contributed by atoms with Gasteiger partial charge in [-0.25, -0.2) is 4.98 Å². The molecule has 2 heterocycles. The van der Waals surface area contributed by atoms with Crippen molar-refractivity contribution in [3.8, 4) is 5.75 Å². The molecule has 0 atom stereocenters. The van der Waals surface area contributed by atoms with Gasteiger partial charge in [-0.05, 0) is 44.7 Å². The molecule has 1 aliphatic heterocycles. The van der Waals surface area contributed by atoms with Gasteiger partial charge in [0.05, 0.1) is 24.4 Å². The number of ether oxygens (including phenoxy) is 1. The molecule has 10 heteroatoms. The van der Waals surface area contributed by atoms with Crippen LogP contribution in [0.15, 0.2) is 29.6 Å². The third-order valence-corrected chi connectivity index (χ3v) is 8.61. The first-order valence-electron chi connectivity index (χ1n) is 14.3. The fourth-order valence-corrected chi connectivity index (χ4v) is 6.30. The number of nitrogens with one attached hydrogen (secondary N) is 1. The molecule has 39 heavy (non-hydrogen) atoms. The largest absolute Gasteiger partial charge is 0.492 e. The summed E-state index contributed by atoms with van der Waals surface area (Å²) in [4.78, 5) is 49.3. The maximum absolute atomic E-state index is 13.1. The van der Waals surface area contributed by atoms with Crippen molar-refractivity contribution >= 4 is 39.9 Å². The number of carbonyl (C=O) groups excluding carboxylic acids is 3. The van der Waals surface area contributed by atoms with Crippen LogP contribution in [0.5, 0.6) is 5.75 Å². The summed E-state index contributed by atoms with van der Waals surface area (Å²) in [6.07, 6.45) is 7.41. The zero-order valence-electron chi connectivity index (χ0n) is 22.8. The monoisotopic (exact) mass is 553 g/mol. The zero-order chi connectivity index (χ0) is 27.2. The first-order chi connectivity index (χ1) is 19.0. The van der Waals surface area contributed by atoms with Crippen LogP contribution in [0.2, 0.25) is 0 Å². The molecule has 0 spiro atoms. The van der Waals surface area contributed by atoms with Crippen molar-refractivity contribution in [3.63, 3.8) is 0 Å². The summed E-state index contributed by atoms with van der Waals surface area (Å²) in [7, 11) is 0. The highest BCUT2D eigenvalue weighted by molar-refractivity contribution is 7.13. The van der Waals surface area contributed by atoms with Crippen LogP contribution in [-0.4, -0.2) is 77.9 Å². The van der Waals surface area contributed by atoms with Gasteiger partial charge in [0.25, 0.3) is 0 Å². The van der Waals surface area contributed by atoms with Gasteiger partial charge < -0.3 is 24.8 Å². The molecule has 1 saturated heterocycles. The average Bonchev–Trinajstić information content (AvgIpc) is 3.72. The van der Waals surface area contributed by atoms with Gasteiger partial charge in [0, 0.05) is 43.5 Å². The predicted octanol–water partition coefficient (Wildman–Crippen LogP) is 3.94. The lowest BCUT2D eigenvalue weighted by molar-refractivity contribution is -0.139. The lowest BCUT2D eigenvalue weighted by Crippen LogP contribution is -2.49. The number of aromatic nitrogens is 1. The number of rotatable bonds is 10. The third kappa shape index (κ3) is 7.09. The van der Waals surface area contributed by atoms with Gasteiger partial charge in [-0.15, -0.1) is 11.3 Å². The Balaban J connectivity index is 1.09. The number of carbonyl (C=O) groups is 3. The third-order valence-electron chi connectivity index (χ3n) is 7.81. The molecule has 2 aromatic rings. The van der Waals surface area contributed by atoms with Crippen molar-refractivity contribution in [2.45, 2.75) is 64.3 Å². The number of para-hydroxylation sites is 2. The molecule has 2 aliphatic carbocycles. The Morgan fingerprint density at radius 1 is 1.05 bits per heavy atom. The van der Waals surface area contributed by atoms with Crippen LogP contribution < -0.4 is 15.0 Å². The molecule has 1 aromatic heterocycles. The normalized spacial score (nSPS) is 18.1. The summed E-state index contributed by atoms with van der Waals surface area (Å²) < 4.78 is 5.77. The number of hydrogen-bond acceptors (Lipinski definition) is 7. The van der Waals surface area contributed by atoms with Gasteiger partial charge in [-0.3, -0.25) is 14.4 Å². The molecule has 0 radical (unpaired) electrons. The van der Waals surface area contributed by atoms with Crippen LogP contribution in [-0.2, 0) is 20.8 Å². The molecule has 3 amide bonds. The number of benzene rings is 1. The first-order valence-corrected chi connectivity index (χ1v) is 15.2. The second-order valence-corrected chi connectivity index (χ2v) is 11.5. The molecule has 3 aliphatic rings. The molecule has 0 bridgehead atoms. The van der Waals surface area contributed by atoms with E-state index in [1.165, 1.54) is 17.8 Å². The highest BCUT2D eigenvalue weighted by atomic mass is 32.1. The molecule has 0 unspecified atom stereocenters. The van der Waals surface area contributed by atoms with Crippen LogP contribution in [0.4, 0.5) is 10.8 Å². The zero-order valence-corrected chi connectivity index (χ0v) is 23.6. The summed E-state index contributed by atoms with van der Waals surface area (Å²) in [5.74, 6) is 0.885. The van der Waals surface area contributed by atoms with Crippen molar-refractivity contribution in [1.29, 1.82) is 0 Å². The first kappa shape index (κ1) is 27.4. The van der Waals surface area contributed by atoms with Gasteiger partial charge in [0.2, 0.25) is 17.7 Å². The molecular weight excluding hydrogens is 514 g/mol. The van der Waals surface area contributed by atoms with Crippen LogP contribution in [0, 0.1) is 5.92 Å². The molecular formula is C29H39N5O4S. The van der Waals surface area contributed by atoms with Crippen LogP contribution >= 0.6 is 11.3 Å². The van der Waals surface area contributed by atoms with E-state index >= 15 is 0 Å². The topological polar surface area (TPSA) is 95.1 Å². The maximum Gasteiger partial charge on any atom is 0.245 e. The van der Waals surface area contributed by atoms with Crippen LogP contribution in [0.3, 0.4) is 0 Å². The Morgan fingerprint density at radius 2 is 1.79 bits per heavy atom. The van der Waals surface area contributed by atoms with Gasteiger partial charge >= 0.3 is 0 Å². The van der Waals surface area contributed by atoms with E-state index in [2.05, 4.69) is 21.3 Å². The molecule has 1 aromatic carbocycles. The van der Waals surface area contributed by atoms with Gasteiger partial charge in [0.1, 0.15) is 12.3 Å². The molecule has 3 fully saturated rings. The Kier molecular flexibility index (Phi) is 9.01. The average molecular weight is 554 g/mol. The summed E-state index contributed by atoms with van der Waals surface area (Å²) in [5.41, 5.74) is 1.72. The summed E-state index contributed by atoms with van der Waals surface area (Å²) in [5, 5.41) is 5.16. The number of hydrogen-bond donors (Lipinski definition) is 1. The quantitative estimate of drug-likeness (QED) is 0.479. The van der Waals surface area contributed by atoms with E-state index in [1.807, 2.05) is 35.4 Å². The second-order valence-electron chi connectivity index (χ2n) is 10.7. The van der Waals surface area contributed by atoms with Crippen LogP contribution in [0.1, 0.15) is 57.6 Å².